The highest BCUT2D eigenvalue weighted by atomic mass is 16.6. The maximum atomic E-state index is 11.6. The Hall–Kier alpha value is -0.910. The summed E-state index contributed by atoms with van der Waals surface area (Å²) >= 11 is 0. The van der Waals surface area contributed by atoms with Crippen LogP contribution in [-0.4, -0.2) is 48.2 Å². The van der Waals surface area contributed by atoms with E-state index in [0.29, 0.717) is 13.0 Å². The lowest BCUT2D eigenvalue weighted by Crippen LogP contribution is -2.63. The number of rotatable bonds is 2. The van der Waals surface area contributed by atoms with Gasteiger partial charge in [-0.1, -0.05) is 19.9 Å². The van der Waals surface area contributed by atoms with Crippen molar-refractivity contribution in [2.45, 2.75) is 63.9 Å². The quantitative estimate of drug-likeness (QED) is 0.476. The first-order valence-corrected chi connectivity index (χ1v) is 8.14. The third kappa shape index (κ3) is 1.52. The molecule has 6 atom stereocenters. The molecule has 0 radical (unpaired) electrons. The van der Waals surface area contributed by atoms with Gasteiger partial charge >= 0.3 is 5.97 Å². The van der Waals surface area contributed by atoms with E-state index in [1.54, 1.807) is 0 Å². The molecule has 2 saturated heterocycles. The van der Waals surface area contributed by atoms with Gasteiger partial charge in [-0.3, -0.25) is 4.79 Å². The van der Waals surface area contributed by atoms with Crippen LogP contribution in [0.25, 0.3) is 0 Å². The van der Waals surface area contributed by atoms with Gasteiger partial charge in [0.15, 0.2) is 0 Å². The van der Waals surface area contributed by atoms with E-state index in [1.807, 2.05) is 0 Å². The molecule has 0 aromatic carbocycles. The smallest absolute Gasteiger partial charge is 0.302 e. The summed E-state index contributed by atoms with van der Waals surface area (Å²) in [6, 6.07) is 0. The fraction of sp³-hybridized carbons (Fsp3) is 0.824. The zero-order chi connectivity index (χ0) is 15.8. The van der Waals surface area contributed by atoms with Crippen molar-refractivity contribution < 1.29 is 24.1 Å². The van der Waals surface area contributed by atoms with Crippen molar-refractivity contribution in [3.63, 3.8) is 0 Å². The molecule has 22 heavy (non-hydrogen) atoms. The van der Waals surface area contributed by atoms with E-state index in [0.717, 1.165) is 18.4 Å². The summed E-state index contributed by atoms with van der Waals surface area (Å²) in [6.45, 7) is 6.68. The number of hydrogen-bond acceptors (Lipinski definition) is 5. The molecule has 4 rings (SSSR count). The fourth-order valence-electron chi connectivity index (χ4n) is 5.27. The van der Waals surface area contributed by atoms with Gasteiger partial charge in [0, 0.05) is 24.2 Å². The van der Waals surface area contributed by atoms with Crippen LogP contribution in [0.15, 0.2) is 11.6 Å². The van der Waals surface area contributed by atoms with E-state index in [9.17, 15) is 9.90 Å². The van der Waals surface area contributed by atoms with Crippen LogP contribution in [0.4, 0.5) is 0 Å². The highest BCUT2D eigenvalue weighted by molar-refractivity contribution is 5.66. The lowest BCUT2D eigenvalue weighted by molar-refractivity contribution is -0.210. The number of carbonyl (C=O) groups is 1. The Morgan fingerprint density at radius 3 is 2.82 bits per heavy atom. The number of hydrogen-bond donors (Lipinski definition) is 1. The molecule has 5 heteroatoms. The average Bonchev–Trinajstić information content (AvgIpc) is 3.23. The van der Waals surface area contributed by atoms with E-state index in [2.05, 4.69) is 19.9 Å². The van der Waals surface area contributed by atoms with Crippen LogP contribution in [0.3, 0.4) is 0 Å². The minimum absolute atomic E-state index is 0.0331. The number of ether oxygens (including phenoxy) is 3. The molecule has 1 saturated carbocycles. The Balaban J connectivity index is 1.79. The lowest BCUT2D eigenvalue weighted by Gasteiger charge is -2.57. The summed E-state index contributed by atoms with van der Waals surface area (Å²) < 4.78 is 18.0. The third-order valence-electron chi connectivity index (χ3n) is 6.92. The normalized spacial score (nSPS) is 52.2. The summed E-state index contributed by atoms with van der Waals surface area (Å²) in [5.41, 5.74) is 0.330. The molecule has 4 aliphatic rings. The van der Waals surface area contributed by atoms with Gasteiger partial charge in [0.1, 0.15) is 11.7 Å². The van der Waals surface area contributed by atoms with Gasteiger partial charge < -0.3 is 19.3 Å². The molecule has 0 aromatic heterocycles. The molecule has 0 amide bonds. The fourth-order valence-corrected chi connectivity index (χ4v) is 5.27. The van der Waals surface area contributed by atoms with Crippen LogP contribution in [0.1, 0.15) is 40.0 Å². The Labute approximate surface area is 130 Å². The second kappa shape index (κ2) is 4.34. The molecular weight excluding hydrogens is 284 g/mol. The van der Waals surface area contributed by atoms with E-state index in [4.69, 9.17) is 14.2 Å². The molecule has 2 aliphatic heterocycles. The van der Waals surface area contributed by atoms with Crippen LogP contribution < -0.4 is 0 Å². The number of aliphatic hydroxyl groups is 1. The predicted octanol–water partition coefficient (Wildman–Crippen LogP) is 1.58. The Kier molecular flexibility index (Phi) is 2.89. The van der Waals surface area contributed by atoms with Crippen molar-refractivity contribution >= 4 is 5.97 Å². The molecule has 1 spiro atoms. The van der Waals surface area contributed by atoms with Crippen LogP contribution in [0.5, 0.6) is 0 Å². The minimum atomic E-state index is -0.303. The van der Waals surface area contributed by atoms with E-state index >= 15 is 0 Å². The van der Waals surface area contributed by atoms with Crippen LogP contribution in [0, 0.1) is 10.8 Å². The molecule has 1 unspecified atom stereocenters. The van der Waals surface area contributed by atoms with Crippen molar-refractivity contribution in [3.8, 4) is 0 Å². The Morgan fingerprint density at radius 1 is 1.50 bits per heavy atom. The van der Waals surface area contributed by atoms with Crippen molar-refractivity contribution in [3.05, 3.63) is 11.6 Å². The average molecular weight is 308 g/mol. The van der Waals surface area contributed by atoms with Gasteiger partial charge in [-0.15, -0.1) is 0 Å². The number of esters is 1. The summed E-state index contributed by atoms with van der Waals surface area (Å²) in [5.74, 6) is -0.239. The monoisotopic (exact) mass is 308 g/mol. The second-order valence-corrected chi connectivity index (χ2v) is 7.66. The van der Waals surface area contributed by atoms with Crippen molar-refractivity contribution in [2.75, 3.05) is 13.2 Å². The molecule has 2 bridgehead atoms. The van der Waals surface area contributed by atoms with Gasteiger partial charge in [0.2, 0.25) is 0 Å². The molecule has 0 aromatic rings. The van der Waals surface area contributed by atoms with Gasteiger partial charge in [-0.2, -0.15) is 0 Å². The molecule has 122 valence electrons. The molecule has 3 fully saturated rings. The minimum Gasteiger partial charge on any atom is -0.462 e. The zero-order valence-electron chi connectivity index (χ0n) is 13.4. The molecule has 2 aliphatic carbocycles. The van der Waals surface area contributed by atoms with Gasteiger partial charge in [0.05, 0.1) is 25.4 Å². The second-order valence-electron chi connectivity index (χ2n) is 7.66. The van der Waals surface area contributed by atoms with E-state index in [-0.39, 0.29) is 47.3 Å². The van der Waals surface area contributed by atoms with Crippen molar-refractivity contribution in [1.29, 1.82) is 0 Å². The molecule has 2 heterocycles. The van der Waals surface area contributed by atoms with Gasteiger partial charge in [0.25, 0.3) is 0 Å². The van der Waals surface area contributed by atoms with Gasteiger partial charge in [-0.05, 0) is 18.4 Å². The summed E-state index contributed by atoms with van der Waals surface area (Å²) in [7, 11) is 0. The molecule has 1 N–H and O–H groups in total. The highest BCUT2D eigenvalue weighted by Gasteiger charge is 2.81. The summed E-state index contributed by atoms with van der Waals surface area (Å²) in [6.07, 6.45) is 4.30. The first-order chi connectivity index (χ1) is 10.4. The maximum Gasteiger partial charge on any atom is 0.302 e. The van der Waals surface area contributed by atoms with E-state index in [1.165, 1.54) is 6.92 Å². The summed E-state index contributed by atoms with van der Waals surface area (Å²) in [4.78, 5) is 11.6. The van der Waals surface area contributed by atoms with Crippen LogP contribution in [-0.2, 0) is 19.0 Å². The first-order valence-electron chi connectivity index (χ1n) is 8.14. The summed E-state index contributed by atoms with van der Waals surface area (Å²) in [5, 5.41) is 9.44. The Morgan fingerprint density at radius 2 is 2.23 bits per heavy atom. The maximum absolute atomic E-state index is 11.6. The SMILES string of the molecule is CC(=O)O[C@@H]1C[C@H]2O[C@@H]3C=C(CO)CC[C@]3(C)[C@]1(C)C21CO1. The third-order valence-corrected chi connectivity index (χ3v) is 6.92. The molecule has 5 nitrogen and oxygen atoms in total. The lowest BCUT2D eigenvalue weighted by atomic mass is 9.52. The highest BCUT2D eigenvalue weighted by Crippen LogP contribution is 2.71. The largest absolute Gasteiger partial charge is 0.462 e. The van der Waals surface area contributed by atoms with Gasteiger partial charge in [-0.25, -0.2) is 0 Å². The van der Waals surface area contributed by atoms with Crippen molar-refractivity contribution in [1.82, 2.24) is 0 Å². The van der Waals surface area contributed by atoms with Crippen LogP contribution in [0.2, 0.25) is 0 Å². The predicted molar refractivity (Wildman–Crippen MR) is 78.1 cm³/mol. The first kappa shape index (κ1) is 14.7. The van der Waals surface area contributed by atoms with Crippen LogP contribution >= 0.6 is 0 Å². The number of carbonyl (C=O) groups excluding carboxylic acids is 1. The topological polar surface area (TPSA) is 68.3 Å². The molecular formula is C17H24O5. The zero-order valence-corrected chi connectivity index (χ0v) is 13.4. The standard InChI is InChI=1S/C17H24O5/c1-10(19)21-13-7-14-17(9-20-17)16(13,3)15(2)5-4-11(8-18)6-12(15)22-14/h6,12-14,18H,4-5,7-9H2,1-3H3/t12-,13-,14-,15+,16-,17?/m1/s1. The van der Waals surface area contributed by atoms with Crippen molar-refractivity contribution in [2.24, 2.45) is 10.8 Å². The number of fused-ring (bicyclic) bond motifs is 2. The Bertz CT molecular complexity index is 551. The number of epoxide rings is 1. The number of aliphatic hydroxyl groups excluding tert-OH is 1. The van der Waals surface area contributed by atoms with E-state index < -0.39 is 0 Å².